The summed E-state index contributed by atoms with van der Waals surface area (Å²) >= 11 is 6.72. The number of hydrogen-bond acceptors (Lipinski definition) is 10. The van der Waals surface area contributed by atoms with Gasteiger partial charge >= 0.3 is 6.01 Å². The zero-order valence-corrected chi connectivity index (χ0v) is 31.6. The number of aromatic nitrogens is 2. The molecule has 3 aliphatic heterocycles. The number of phenols is 2. The molecule has 4 heterocycles. The van der Waals surface area contributed by atoms with E-state index >= 15 is 0 Å². The molecule has 0 radical (unpaired) electrons. The fraction of sp³-hybridized carbons (Fsp3) is 0.390. The third-order valence-corrected chi connectivity index (χ3v) is 11.1. The number of carbonyl (C=O) groups is 2. The summed E-state index contributed by atoms with van der Waals surface area (Å²) in [4.78, 5) is 43.3. The van der Waals surface area contributed by atoms with Gasteiger partial charge in [-0.05, 0) is 47.9 Å². The molecule has 7 rings (SSSR count). The van der Waals surface area contributed by atoms with Crippen LogP contribution < -0.4 is 14.5 Å². The summed E-state index contributed by atoms with van der Waals surface area (Å²) < 4.78 is 20.3. The summed E-state index contributed by atoms with van der Waals surface area (Å²) in [6.07, 6.45) is 1.29. The van der Waals surface area contributed by atoms with Gasteiger partial charge in [0.1, 0.15) is 17.3 Å². The highest BCUT2D eigenvalue weighted by Gasteiger charge is 2.36. The van der Waals surface area contributed by atoms with Crippen LogP contribution in [0.5, 0.6) is 17.5 Å². The van der Waals surface area contributed by atoms with E-state index in [1.807, 2.05) is 49.1 Å². The van der Waals surface area contributed by atoms with Gasteiger partial charge in [-0.1, -0.05) is 56.3 Å². The quantitative estimate of drug-likeness (QED) is 0.185. The van der Waals surface area contributed by atoms with Gasteiger partial charge in [0.2, 0.25) is 0 Å². The Bertz CT molecular complexity index is 2200. The van der Waals surface area contributed by atoms with Crippen molar-refractivity contribution in [3.05, 3.63) is 88.3 Å². The van der Waals surface area contributed by atoms with Crippen molar-refractivity contribution in [1.29, 1.82) is 5.26 Å². The number of fused-ring (bicyclic) bond motifs is 2. The van der Waals surface area contributed by atoms with Crippen molar-refractivity contribution in [2.45, 2.75) is 51.6 Å². The monoisotopic (exact) mass is 767 g/mol. The van der Waals surface area contributed by atoms with E-state index in [1.165, 1.54) is 11.0 Å². The first kappa shape index (κ1) is 37.7. The van der Waals surface area contributed by atoms with Gasteiger partial charge < -0.3 is 34.5 Å². The second-order valence-electron chi connectivity index (χ2n) is 14.7. The van der Waals surface area contributed by atoms with Gasteiger partial charge in [-0.2, -0.15) is 15.2 Å². The van der Waals surface area contributed by atoms with Crippen molar-refractivity contribution < 1.29 is 28.9 Å². The Hall–Kier alpha value is -5.61. The van der Waals surface area contributed by atoms with Crippen LogP contribution in [0, 0.1) is 17.2 Å². The summed E-state index contributed by atoms with van der Waals surface area (Å²) in [6.45, 7) is 10.0. The SMILES string of the molecule is C=C(F)C(=O)N1CCN(c2nc(OC[C@@H]3CCN(C(=O)c4cc(C(C)C)c(O)cc4O)C3)nc3c2CCN(c2cccc4cccc(Cl)c24)C3)C[C@@H]1CC#N. The minimum atomic E-state index is -1.06. The molecule has 0 bridgehead atoms. The van der Waals surface area contributed by atoms with Gasteiger partial charge in [0.05, 0.1) is 48.0 Å². The van der Waals surface area contributed by atoms with E-state index in [2.05, 4.69) is 23.6 Å². The van der Waals surface area contributed by atoms with Crippen molar-refractivity contribution in [1.82, 2.24) is 19.8 Å². The summed E-state index contributed by atoms with van der Waals surface area (Å²) in [6, 6.07) is 16.4. The van der Waals surface area contributed by atoms with Crippen LogP contribution in [0.25, 0.3) is 10.8 Å². The Kier molecular flexibility index (Phi) is 10.7. The second kappa shape index (κ2) is 15.6. The molecule has 14 heteroatoms. The van der Waals surface area contributed by atoms with Crippen LogP contribution >= 0.6 is 11.6 Å². The van der Waals surface area contributed by atoms with Crippen LogP contribution in [0.3, 0.4) is 0 Å². The van der Waals surface area contributed by atoms with E-state index in [0.29, 0.717) is 62.0 Å². The summed E-state index contributed by atoms with van der Waals surface area (Å²) in [7, 11) is 0. The van der Waals surface area contributed by atoms with E-state index in [9.17, 15) is 29.5 Å². The highest BCUT2D eigenvalue weighted by atomic mass is 35.5. The molecule has 0 spiro atoms. The molecule has 0 aliphatic carbocycles. The fourth-order valence-corrected chi connectivity index (χ4v) is 8.23. The summed E-state index contributed by atoms with van der Waals surface area (Å²) in [5, 5.41) is 33.0. The number of likely N-dealkylation sites (tertiary alicyclic amines) is 1. The molecular weight excluding hydrogens is 725 g/mol. The Labute approximate surface area is 324 Å². The number of benzene rings is 3. The number of carbonyl (C=O) groups excluding carboxylic acids is 2. The van der Waals surface area contributed by atoms with Crippen LogP contribution in [-0.2, 0) is 17.8 Å². The first-order chi connectivity index (χ1) is 26.4. The average molecular weight is 768 g/mol. The zero-order chi connectivity index (χ0) is 39.0. The third kappa shape index (κ3) is 7.56. The Morgan fingerprint density at radius 2 is 1.84 bits per heavy atom. The van der Waals surface area contributed by atoms with E-state index in [0.717, 1.165) is 27.7 Å². The molecule has 2 saturated heterocycles. The summed E-state index contributed by atoms with van der Waals surface area (Å²) in [5.41, 5.74) is 3.43. The highest BCUT2D eigenvalue weighted by Crippen LogP contribution is 2.38. The number of aromatic hydroxyl groups is 2. The van der Waals surface area contributed by atoms with Gasteiger partial charge in [-0.15, -0.1) is 0 Å². The number of hydrogen-bond donors (Lipinski definition) is 2. The minimum Gasteiger partial charge on any atom is -0.508 e. The van der Waals surface area contributed by atoms with Crippen LogP contribution in [0.15, 0.2) is 60.9 Å². The fourth-order valence-electron chi connectivity index (χ4n) is 7.95. The molecule has 0 saturated carbocycles. The van der Waals surface area contributed by atoms with E-state index in [1.54, 1.807) is 11.0 Å². The molecular formula is C41H43ClFN7O5. The molecule has 1 aromatic heterocycles. The molecule has 2 N–H and O–H groups in total. The predicted octanol–water partition coefficient (Wildman–Crippen LogP) is 6.34. The number of rotatable bonds is 9. The van der Waals surface area contributed by atoms with Crippen LogP contribution in [0.1, 0.15) is 59.8 Å². The molecule has 286 valence electrons. The third-order valence-electron chi connectivity index (χ3n) is 10.8. The first-order valence-corrected chi connectivity index (χ1v) is 18.9. The minimum absolute atomic E-state index is 0.0133. The van der Waals surface area contributed by atoms with Gasteiger partial charge in [0.25, 0.3) is 11.8 Å². The molecule has 55 heavy (non-hydrogen) atoms. The molecule has 2 fully saturated rings. The number of nitriles is 1. The Morgan fingerprint density at radius 1 is 1.05 bits per heavy atom. The number of amides is 2. The van der Waals surface area contributed by atoms with Crippen molar-refractivity contribution in [2.75, 3.05) is 55.7 Å². The van der Waals surface area contributed by atoms with Crippen molar-refractivity contribution in [3.63, 3.8) is 0 Å². The number of halogens is 2. The Morgan fingerprint density at radius 3 is 2.58 bits per heavy atom. The van der Waals surface area contributed by atoms with Crippen LogP contribution in [0.4, 0.5) is 15.9 Å². The number of phenolic OH excluding ortho intramolecular Hbond substituents is 2. The van der Waals surface area contributed by atoms with Gasteiger partial charge in [0, 0.05) is 67.9 Å². The van der Waals surface area contributed by atoms with Crippen molar-refractivity contribution in [2.24, 2.45) is 5.92 Å². The van der Waals surface area contributed by atoms with Crippen LogP contribution in [-0.4, -0.2) is 93.7 Å². The number of anilines is 2. The average Bonchev–Trinajstić information content (AvgIpc) is 3.65. The lowest BCUT2D eigenvalue weighted by Gasteiger charge is -2.42. The topological polar surface area (TPSA) is 146 Å². The zero-order valence-electron chi connectivity index (χ0n) is 30.8. The van der Waals surface area contributed by atoms with Gasteiger partial charge in [0.15, 0.2) is 5.83 Å². The maximum Gasteiger partial charge on any atom is 0.318 e. The molecule has 4 aromatic rings. The molecule has 12 nitrogen and oxygen atoms in total. The second-order valence-corrected chi connectivity index (χ2v) is 15.1. The molecule has 2 amide bonds. The largest absolute Gasteiger partial charge is 0.508 e. The summed E-state index contributed by atoms with van der Waals surface area (Å²) in [5.74, 6) is -1.93. The molecule has 3 aliphatic rings. The van der Waals surface area contributed by atoms with E-state index < -0.39 is 17.8 Å². The van der Waals surface area contributed by atoms with Gasteiger partial charge in [-0.25, -0.2) is 4.39 Å². The molecule has 3 aromatic carbocycles. The molecule has 2 atom stereocenters. The van der Waals surface area contributed by atoms with E-state index in [-0.39, 0.29) is 66.9 Å². The lowest BCUT2D eigenvalue weighted by atomic mass is 9.98. The smallest absolute Gasteiger partial charge is 0.318 e. The van der Waals surface area contributed by atoms with Crippen molar-refractivity contribution in [3.8, 4) is 23.6 Å². The first-order valence-electron chi connectivity index (χ1n) is 18.5. The highest BCUT2D eigenvalue weighted by molar-refractivity contribution is 6.36. The van der Waals surface area contributed by atoms with E-state index in [4.69, 9.17) is 26.3 Å². The van der Waals surface area contributed by atoms with Gasteiger partial charge in [-0.3, -0.25) is 9.59 Å². The maximum atomic E-state index is 14.0. The maximum absolute atomic E-state index is 14.0. The standard InChI is InChI=1S/C41H43ClFN7O5/c1-24(2)30-18-31(36(52)19-35(30)51)40(54)49-14-11-26(20-49)23-55-41-45-33-22-47(34-9-5-7-27-6-4-8-32(42)37(27)34)15-12-29(33)38(46-41)48-16-17-50(39(53)25(3)43)28(21-48)10-13-44/h4-9,18-19,24,26,28,51-52H,3,10-12,14-17,20-23H2,1-2H3/t26-,28+/m1/s1. The number of ether oxygens (including phenoxy) is 1. The predicted molar refractivity (Wildman–Crippen MR) is 207 cm³/mol. The van der Waals surface area contributed by atoms with Crippen molar-refractivity contribution >= 4 is 45.7 Å². The Balaban J connectivity index is 1.15. The molecule has 0 unspecified atom stereocenters. The lowest BCUT2D eigenvalue weighted by Crippen LogP contribution is -2.55. The number of nitrogens with zero attached hydrogens (tertiary/aromatic N) is 7. The lowest BCUT2D eigenvalue weighted by molar-refractivity contribution is -0.131. The number of piperazine rings is 1. The van der Waals surface area contributed by atoms with Crippen LogP contribution in [0.2, 0.25) is 5.02 Å². The normalized spacial score (nSPS) is 18.4.